The summed E-state index contributed by atoms with van der Waals surface area (Å²) in [5.74, 6) is 0.874. The van der Waals surface area contributed by atoms with E-state index in [1.54, 1.807) is 6.20 Å². The zero-order valence-corrected chi connectivity index (χ0v) is 7.53. The molecule has 0 amide bonds. The maximum atomic E-state index is 9.95. The molecule has 4 N–H and O–H groups in total. The highest BCUT2D eigenvalue weighted by Crippen LogP contribution is 2.36. The van der Waals surface area contributed by atoms with Crippen LogP contribution in [0.3, 0.4) is 0 Å². The van der Waals surface area contributed by atoms with Crippen molar-refractivity contribution in [2.45, 2.75) is 31.8 Å². The Balaban J connectivity index is 2.12. The van der Waals surface area contributed by atoms with Crippen molar-refractivity contribution < 1.29 is 5.11 Å². The Hall–Kier alpha value is -1.03. The smallest absolute Gasteiger partial charge is 0.124 e. The van der Waals surface area contributed by atoms with Gasteiger partial charge < -0.3 is 10.8 Å². The van der Waals surface area contributed by atoms with E-state index in [1.807, 2.05) is 0 Å². The molecule has 1 aromatic heterocycles. The number of aromatic amines is 1. The van der Waals surface area contributed by atoms with E-state index >= 15 is 0 Å². The molecule has 1 heterocycles. The second kappa shape index (κ2) is 3.38. The number of hydrogen-bond donors (Lipinski definition) is 3. The van der Waals surface area contributed by atoms with Crippen molar-refractivity contribution in [3.63, 3.8) is 0 Å². The van der Waals surface area contributed by atoms with E-state index in [-0.39, 0.29) is 0 Å². The highest BCUT2D eigenvalue weighted by Gasteiger charge is 2.26. The lowest BCUT2D eigenvalue weighted by molar-refractivity contribution is 0.112. The van der Waals surface area contributed by atoms with Crippen molar-refractivity contribution in [3.8, 4) is 0 Å². The van der Waals surface area contributed by atoms with Crippen LogP contribution in [0.2, 0.25) is 0 Å². The van der Waals surface area contributed by atoms with Gasteiger partial charge in [-0.15, -0.1) is 0 Å². The normalized spacial score (nSPS) is 20.7. The SMILES string of the molecule is Nc1[nH]ncc1C(O)C1CCCC1. The third-order valence-corrected chi connectivity index (χ3v) is 2.86. The molecule has 0 bridgehead atoms. The number of nitrogen functional groups attached to an aromatic ring is 1. The van der Waals surface area contributed by atoms with Crippen LogP contribution in [0.4, 0.5) is 5.82 Å². The van der Waals surface area contributed by atoms with Crippen LogP contribution in [0.1, 0.15) is 37.4 Å². The molecule has 1 saturated carbocycles. The van der Waals surface area contributed by atoms with Crippen LogP contribution in [0, 0.1) is 5.92 Å². The van der Waals surface area contributed by atoms with E-state index in [0.29, 0.717) is 11.7 Å². The van der Waals surface area contributed by atoms with Gasteiger partial charge in [-0.25, -0.2) is 0 Å². The maximum absolute atomic E-state index is 9.95. The van der Waals surface area contributed by atoms with Gasteiger partial charge in [-0.3, -0.25) is 5.10 Å². The van der Waals surface area contributed by atoms with E-state index in [2.05, 4.69) is 10.2 Å². The largest absolute Gasteiger partial charge is 0.388 e. The van der Waals surface area contributed by atoms with Crippen LogP contribution in [0.25, 0.3) is 0 Å². The summed E-state index contributed by atoms with van der Waals surface area (Å²) in [6.07, 6.45) is 5.84. The minimum Gasteiger partial charge on any atom is -0.388 e. The number of hydrogen-bond acceptors (Lipinski definition) is 3. The molecule has 2 rings (SSSR count). The lowest BCUT2D eigenvalue weighted by atomic mass is 9.96. The first-order chi connectivity index (χ1) is 6.29. The second-order valence-electron chi connectivity index (χ2n) is 3.73. The number of rotatable bonds is 2. The average molecular weight is 181 g/mol. The third-order valence-electron chi connectivity index (χ3n) is 2.86. The van der Waals surface area contributed by atoms with Crippen molar-refractivity contribution in [2.75, 3.05) is 5.73 Å². The Labute approximate surface area is 77.1 Å². The lowest BCUT2D eigenvalue weighted by Crippen LogP contribution is -2.09. The van der Waals surface area contributed by atoms with Gasteiger partial charge in [-0.2, -0.15) is 5.10 Å². The summed E-state index contributed by atoms with van der Waals surface area (Å²) in [5, 5.41) is 16.4. The molecule has 0 spiro atoms. The molecule has 4 heteroatoms. The Kier molecular flexibility index (Phi) is 2.22. The summed E-state index contributed by atoms with van der Waals surface area (Å²) in [7, 11) is 0. The summed E-state index contributed by atoms with van der Waals surface area (Å²) >= 11 is 0. The molecule has 13 heavy (non-hydrogen) atoms. The summed E-state index contributed by atoms with van der Waals surface area (Å²) in [6, 6.07) is 0. The Morgan fingerprint density at radius 2 is 2.23 bits per heavy atom. The van der Waals surface area contributed by atoms with Gasteiger partial charge in [0.1, 0.15) is 5.82 Å². The van der Waals surface area contributed by atoms with Gasteiger partial charge in [-0.1, -0.05) is 12.8 Å². The lowest BCUT2D eigenvalue weighted by Gasteiger charge is -2.16. The fraction of sp³-hybridized carbons (Fsp3) is 0.667. The molecule has 4 nitrogen and oxygen atoms in total. The number of anilines is 1. The Morgan fingerprint density at radius 3 is 2.77 bits per heavy atom. The van der Waals surface area contributed by atoms with E-state index in [9.17, 15) is 5.11 Å². The Morgan fingerprint density at radius 1 is 1.54 bits per heavy atom. The van der Waals surface area contributed by atoms with Gasteiger partial charge in [0.25, 0.3) is 0 Å². The standard InChI is InChI=1S/C9H15N3O/c10-9-7(5-11-12-9)8(13)6-3-1-2-4-6/h5-6,8,13H,1-4H2,(H3,10,11,12). The summed E-state index contributed by atoms with van der Waals surface area (Å²) < 4.78 is 0. The van der Waals surface area contributed by atoms with Crippen LogP contribution in [0.15, 0.2) is 6.20 Å². The van der Waals surface area contributed by atoms with Gasteiger partial charge in [0, 0.05) is 5.56 Å². The second-order valence-corrected chi connectivity index (χ2v) is 3.73. The molecule has 1 aliphatic rings. The maximum Gasteiger partial charge on any atom is 0.124 e. The van der Waals surface area contributed by atoms with E-state index in [1.165, 1.54) is 12.8 Å². The first kappa shape index (κ1) is 8.56. The monoisotopic (exact) mass is 181 g/mol. The number of nitrogens with two attached hydrogens (primary N) is 1. The molecular weight excluding hydrogens is 166 g/mol. The number of H-pyrrole nitrogens is 1. The molecule has 1 aromatic rings. The fourth-order valence-corrected chi connectivity index (χ4v) is 2.07. The van der Waals surface area contributed by atoms with Crippen molar-refractivity contribution >= 4 is 5.82 Å². The predicted octanol–water partition coefficient (Wildman–Crippen LogP) is 1.22. The first-order valence-electron chi connectivity index (χ1n) is 4.76. The molecule has 0 aromatic carbocycles. The van der Waals surface area contributed by atoms with Crippen molar-refractivity contribution in [3.05, 3.63) is 11.8 Å². The zero-order valence-electron chi connectivity index (χ0n) is 7.53. The molecule has 1 atom stereocenters. The number of aromatic nitrogens is 2. The minimum atomic E-state index is -0.429. The summed E-state index contributed by atoms with van der Waals surface area (Å²) in [5.41, 5.74) is 6.39. The van der Waals surface area contributed by atoms with Crippen LogP contribution in [0.5, 0.6) is 0 Å². The molecule has 0 aliphatic heterocycles. The van der Waals surface area contributed by atoms with Gasteiger partial charge in [0.15, 0.2) is 0 Å². The average Bonchev–Trinajstić information content (AvgIpc) is 2.72. The molecule has 1 aliphatic carbocycles. The van der Waals surface area contributed by atoms with Crippen LogP contribution in [-0.2, 0) is 0 Å². The fourth-order valence-electron chi connectivity index (χ4n) is 2.07. The zero-order chi connectivity index (χ0) is 9.26. The molecule has 0 radical (unpaired) electrons. The Bertz CT molecular complexity index is 278. The molecule has 1 fully saturated rings. The molecule has 1 unspecified atom stereocenters. The number of aliphatic hydroxyl groups excluding tert-OH is 1. The number of nitrogens with one attached hydrogen (secondary N) is 1. The highest BCUT2D eigenvalue weighted by atomic mass is 16.3. The van der Waals surface area contributed by atoms with E-state index in [0.717, 1.165) is 18.4 Å². The van der Waals surface area contributed by atoms with Gasteiger partial charge >= 0.3 is 0 Å². The molecule has 0 saturated heterocycles. The van der Waals surface area contributed by atoms with Crippen LogP contribution < -0.4 is 5.73 Å². The first-order valence-corrected chi connectivity index (χ1v) is 4.76. The third kappa shape index (κ3) is 1.54. The highest BCUT2D eigenvalue weighted by molar-refractivity contribution is 5.38. The predicted molar refractivity (Wildman–Crippen MR) is 49.9 cm³/mol. The van der Waals surface area contributed by atoms with Crippen molar-refractivity contribution in [1.29, 1.82) is 0 Å². The van der Waals surface area contributed by atoms with Gasteiger partial charge in [0.2, 0.25) is 0 Å². The van der Waals surface area contributed by atoms with Crippen molar-refractivity contribution in [1.82, 2.24) is 10.2 Å². The van der Waals surface area contributed by atoms with Crippen LogP contribution in [-0.4, -0.2) is 15.3 Å². The summed E-state index contributed by atoms with van der Waals surface area (Å²) in [4.78, 5) is 0. The number of aliphatic hydroxyl groups is 1. The quantitative estimate of drug-likeness (QED) is 0.642. The van der Waals surface area contributed by atoms with Crippen LogP contribution >= 0.6 is 0 Å². The van der Waals surface area contributed by atoms with Gasteiger partial charge in [0.05, 0.1) is 12.3 Å². The molecule has 72 valence electrons. The molecular formula is C9H15N3O. The topological polar surface area (TPSA) is 74.9 Å². The summed E-state index contributed by atoms with van der Waals surface area (Å²) in [6.45, 7) is 0. The van der Waals surface area contributed by atoms with E-state index < -0.39 is 6.10 Å². The number of nitrogens with zero attached hydrogens (tertiary/aromatic N) is 1. The van der Waals surface area contributed by atoms with E-state index in [4.69, 9.17) is 5.73 Å². The minimum absolute atomic E-state index is 0.375. The van der Waals surface area contributed by atoms with Gasteiger partial charge in [-0.05, 0) is 18.8 Å². The van der Waals surface area contributed by atoms with Crippen molar-refractivity contribution in [2.24, 2.45) is 5.92 Å².